The lowest BCUT2D eigenvalue weighted by Gasteiger charge is -2.09. The number of nitrogens with zero attached hydrogens (tertiary/aromatic N) is 1. The molecule has 7 nitrogen and oxygen atoms in total. The third kappa shape index (κ3) is 2.29. The van der Waals surface area contributed by atoms with Crippen molar-refractivity contribution in [2.75, 3.05) is 6.54 Å². The Hall–Kier alpha value is -2.96. The molecule has 1 heterocycles. The third-order valence-corrected chi connectivity index (χ3v) is 5.04. The van der Waals surface area contributed by atoms with Crippen LogP contribution in [0.4, 0.5) is 5.69 Å². The lowest BCUT2D eigenvalue weighted by Crippen LogP contribution is -2.27. The summed E-state index contributed by atoms with van der Waals surface area (Å²) in [6.45, 7) is 0.537. The summed E-state index contributed by atoms with van der Waals surface area (Å²) in [7, 11) is 0. The zero-order chi connectivity index (χ0) is 16.8. The highest BCUT2D eigenvalue weighted by molar-refractivity contribution is 5.94. The molecule has 1 saturated carbocycles. The number of pyridine rings is 1. The predicted octanol–water partition coefficient (Wildman–Crippen LogP) is 1.60. The molecular formula is C17H15N3O4. The van der Waals surface area contributed by atoms with E-state index < -0.39 is 22.1 Å². The van der Waals surface area contributed by atoms with E-state index in [2.05, 4.69) is 22.4 Å². The van der Waals surface area contributed by atoms with Crippen LogP contribution in [0.15, 0.2) is 41.3 Å². The van der Waals surface area contributed by atoms with E-state index in [1.807, 2.05) is 12.1 Å². The number of nitro groups is 1. The average molecular weight is 325 g/mol. The van der Waals surface area contributed by atoms with E-state index in [0.29, 0.717) is 24.3 Å². The Kier molecular flexibility index (Phi) is 3.23. The van der Waals surface area contributed by atoms with Crippen LogP contribution in [0.3, 0.4) is 0 Å². The molecule has 2 aliphatic rings. The molecule has 7 heteroatoms. The maximum atomic E-state index is 12.2. The summed E-state index contributed by atoms with van der Waals surface area (Å²) in [5.41, 5.74) is 1.42. The largest absolute Gasteiger partial charge is 0.352 e. The Morgan fingerprint density at radius 1 is 1.38 bits per heavy atom. The van der Waals surface area contributed by atoms with Gasteiger partial charge in [0.25, 0.3) is 5.91 Å². The lowest BCUT2D eigenvalue weighted by molar-refractivity contribution is -0.386. The van der Waals surface area contributed by atoms with E-state index in [0.717, 1.165) is 12.5 Å². The second-order valence-electron chi connectivity index (χ2n) is 6.33. The van der Waals surface area contributed by atoms with Crippen LogP contribution in [0.2, 0.25) is 0 Å². The van der Waals surface area contributed by atoms with Gasteiger partial charge in [0.15, 0.2) is 0 Å². The van der Waals surface area contributed by atoms with Crippen molar-refractivity contribution < 1.29 is 9.72 Å². The van der Waals surface area contributed by atoms with Crippen molar-refractivity contribution >= 4 is 11.6 Å². The summed E-state index contributed by atoms with van der Waals surface area (Å²) < 4.78 is 0. The van der Waals surface area contributed by atoms with E-state index in [1.165, 1.54) is 17.3 Å². The van der Waals surface area contributed by atoms with Crippen LogP contribution >= 0.6 is 0 Å². The van der Waals surface area contributed by atoms with Crippen LogP contribution in [0.1, 0.15) is 27.4 Å². The van der Waals surface area contributed by atoms with Gasteiger partial charge in [0.05, 0.1) is 10.5 Å². The first-order chi connectivity index (χ1) is 11.6. The number of benzene rings is 1. The Morgan fingerprint density at radius 2 is 2.17 bits per heavy atom. The van der Waals surface area contributed by atoms with Gasteiger partial charge in [-0.15, -0.1) is 0 Å². The van der Waals surface area contributed by atoms with Gasteiger partial charge in [-0.05, 0) is 35.3 Å². The first-order valence-electron chi connectivity index (χ1n) is 7.79. The molecule has 2 N–H and O–H groups in total. The number of fused-ring (bicyclic) bond motifs is 3. The first-order valence-corrected chi connectivity index (χ1v) is 7.79. The molecule has 1 aromatic carbocycles. The van der Waals surface area contributed by atoms with Gasteiger partial charge in [-0.2, -0.15) is 0 Å². The van der Waals surface area contributed by atoms with Gasteiger partial charge in [-0.1, -0.05) is 24.3 Å². The van der Waals surface area contributed by atoms with Crippen LogP contribution < -0.4 is 10.9 Å². The number of nitrogens with one attached hydrogen (secondary N) is 2. The highest BCUT2D eigenvalue weighted by atomic mass is 16.6. The Labute approximate surface area is 136 Å². The molecule has 1 amide bonds. The minimum atomic E-state index is -0.815. The van der Waals surface area contributed by atoms with E-state index in [9.17, 15) is 19.7 Å². The molecule has 0 unspecified atom stereocenters. The molecule has 2 aliphatic carbocycles. The Morgan fingerprint density at radius 3 is 2.96 bits per heavy atom. The summed E-state index contributed by atoms with van der Waals surface area (Å²) in [6, 6.07) is 9.39. The lowest BCUT2D eigenvalue weighted by atomic mass is 10.0. The van der Waals surface area contributed by atoms with Gasteiger partial charge in [-0.3, -0.25) is 19.7 Å². The molecule has 2 aromatic rings. The maximum Gasteiger partial charge on any atom is 0.334 e. The third-order valence-electron chi connectivity index (χ3n) is 5.04. The molecule has 0 radical (unpaired) electrons. The molecule has 1 fully saturated rings. The van der Waals surface area contributed by atoms with Crippen molar-refractivity contribution in [2.24, 2.45) is 11.8 Å². The van der Waals surface area contributed by atoms with Crippen LogP contribution in [0.25, 0.3) is 0 Å². The zero-order valence-electron chi connectivity index (χ0n) is 12.7. The summed E-state index contributed by atoms with van der Waals surface area (Å²) in [5.74, 6) is 1.09. The highest BCUT2D eigenvalue weighted by Crippen LogP contribution is 2.60. The highest BCUT2D eigenvalue weighted by Gasteiger charge is 2.54. The SMILES string of the molecule is O=C(NC[C@@H]1[C@@H]2Cc3ccccc3[C@H]12)c1c[nH]c(=O)c([N+](=O)[O-])c1. The fourth-order valence-electron chi connectivity index (χ4n) is 3.81. The van der Waals surface area contributed by atoms with Gasteiger partial charge in [0.2, 0.25) is 0 Å². The molecule has 0 bridgehead atoms. The number of hydrogen-bond acceptors (Lipinski definition) is 4. The second-order valence-corrected chi connectivity index (χ2v) is 6.33. The van der Waals surface area contributed by atoms with Crippen LogP contribution in [0, 0.1) is 22.0 Å². The van der Waals surface area contributed by atoms with Crippen LogP contribution in [-0.2, 0) is 6.42 Å². The molecule has 0 spiro atoms. The average Bonchev–Trinajstić information content (AvgIpc) is 3.11. The molecule has 4 rings (SSSR count). The maximum absolute atomic E-state index is 12.2. The minimum absolute atomic E-state index is 0.0903. The summed E-state index contributed by atoms with van der Waals surface area (Å²) in [4.78, 5) is 35.7. The van der Waals surface area contributed by atoms with Crippen molar-refractivity contribution in [3.8, 4) is 0 Å². The number of hydrogen-bond donors (Lipinski definition) is 2. The number of rotatable bonds is 4. The van der Waals surface area contributed by atoms with Crippen molar-refractivity contribution in [3.63, 3.8) is 0 Å². The van der Waals surface area contributed by atoms with E-state index in [1.54, 1.807) is 0 Å². The van der Waals surface area contributed by atoms with E-state index in [4.69, 9.17) is 0 Å². The number of carbonyl (C=O) groups is 1. The van der Waals surface area contributed by atoms with Crippen LogP contribution in [-0.4, -0.2) is 22.4 Å². The molecule has 3 atom stereocenters. The van der Waals surface area contributed by atoms with Crippen molar-refractivity contribution in [3.05, 3.63) is 73.7 Å². The number of amides is 1. The minimum Gasteiger partial charge on any atom is -0.352 e. The molecule has 0 aliphatic heterocycles. The Bertz CT molecular complexity index is 905. The van der Waals surface area contributed by atoms with Gasteiger partial charge < -0.3 is 10.3 Å². The van der Waals surface area contributed by atoms with Gasteiger partial charge in [0.1, 0.15) is 0 Å². The summed E-state index contributed by atoms with van der Waals surface area (Å²) >= 11 is 0. The predicted molar refractivity (Wildman–Crippen MR) is 85.9 cm³/mol. The Balaban J connectivity index is 1.42. The van der Waals surface area contributed by atoms with Gasteiger partial charge in [-0.25, -0.2) is 0 Å². The zero-order valence-corrected chi connectivity index (χ0v) is 12.7. The van der Waals surface area contributed by atoms with Crippen LogP contribution in [0.5, 0.6) is 0 Å². The molecule has 122 valence electrons. The smallest absolute Gasteiger partial charge is 0.334 e. The molecule has 24 heavy (non-hydrogen) atoms. The van der Waals surface area contributed by atoms with E-state index >= 15 is 0 Å². The van der Waals surface area contributed by atoms with Crippen molar-refractivity contribution in [1.29, 1.82) is 0 Å². The first kappa shape index (κ1) is 14.6. The quantitative estimate of drug-likeness (QED) is 0.658. The number of aromatic amines is 1. The molecule has 1 aromatic heterocycles. The van der Waals surface area contributed by atoms with E-state index in [-0.39, 0.29) is 5.56 Å². The molecule has 0 saturated heterocycles. The monoisotopic (exact) mass is 325 g/mol. The summed E-state index contributed by atoms with van der Waals surface area (Å²) in [5, 5.41) is 13.6. The van der Waals surface area contributed by atoms with Gasteiger partial charge >= 0.3 is 11.2 Å². The normalized spacial score (nSPS) is 23.2. The summed E-state index contributed by atoms with van der Waals surface area (Å²) in [6.07, 6.45) is 2.25. The number of carbonyl (C=O) groups excluding carboxylic acids is 1. The fourth-order valence-corrected chi connectivity index (χ4v) is 3.81. The van der Waals surface area contributed by atoms with Crippen molar-refractivity contribution in [1.82, 2.24) is 10.3 Å². The van der Waals surface area contributed by atoms with Gasteiger partial charge in [0, 0.05) is 18.8 Å². The topological polar surface area (TPSA) is 105 Å². The fraction of sp³-hybridized carbons (Fsp3) is 0.294. The number of aromatic nitrogens is 1. The van der Waals surface area contributed by atoms with Crippen molar-refractivity contribution in [2.45, 2.75) is 12.3 Å². The number of H-pyrrole nitrogens is 1. The second kappa shape index (κ2) is 5.30. The molecular weight excluding hydrogens is 310 g/mol. The standard InChI is InChI=1S/C17H15N3O4/c21-16(10-6-14(20(23)24)17(22)18-7-10)19-8-13-12-5-9-3-1-2-4-11(9)15(12)13/h1-4,6-7,12-13,15H,5,8H2,(H,18,22)(H,19,21)/t12-,13+,15-/m0/s1.